The molecule has 0 aliphatic heterocycles. The highest BCUT2D eigenvalue weighted by molar-refractivity contribution is 5.65. The molecule has 0 rings (SSSR count). The Hall–Kier alpha value is -1.29. The van der Waals surface area contributed by atoms with Gasteiger partial charge in [-0.3, -0.25) is 4.79 Å². The van der Waals surface area contributed by atoms with Gasteiger partial charge in [0, 0.05) is 0 Å². The van der Waals surface area contributed by atoms with Gasteiger partial charge in [0.05, 0.1) is 0 Å². The lowest BCUT2D eigenvalue weighted by atomic mass is 10.3. The fraction of sp³-hybridized carbons (Fsp3) is 0.125. The van der Waals surface area contributed by atoms with Crippen LogP contribution in [0, 0.1) is 12.3 Å². The second-order valence-electron chi connectivity index (χ2n) is 1.51. The molecule has 0 unspecified atom stereocenters. The number of terminal acetylenes is 1. The van der Waals surface area contributed by atoms with Crippen molar-refractivity contribution < 1.29 is 4.79 Å². The van der Waals surface area contributed by atoms with E-state index in [0.29, 0.717) is 6.29 Å². The van der Waals surface area contributed by atoms with Crippen LogP contribution < -0.4 is 0 Å². The number of rotatable bonds is 2. The van der Waals surface area contributed by atoms with Crippen molar-refractivity contribution in [2.24, 2.45) is 0 Å². The Morgan fingerprint density at radius 1 is 1.56 bits per heavy atom. The SMILES string of the molecule is C#CC(C)=CC=CC=O. The lowest BCUT2D eigenvalue weighted by molar-refractivity contribution is -0.104. The lowest BCUT2D eigenvalue weighted by Gasteiger charge is -1.77. The maximum Gasteiger partial charge on any atom is 0.142 e. The van der Waals surface area contributed by atoms with Crippen molar-refractivity contribution in [3.63, 3.8) is 0 Å². The molecular formula is C8H8O. The third-order valence-corrected chi connectivity index (χ3v) is 0.764. The van der Waals surface area contributed by atoms with E-state index in [9.17, 15) is 4.79 Å². The topological polar surface area (TPSA) is 17.1 Å². The fourth-order valence-corrected chi connectivity index (χ4v) is 0.293. The van der Waals surface area contributed by atoms with Crippen LogP contribution in [0.2, 0.25) is 0 Å². The normalized spacial score (nSPS) is 11.3. The van der Waals surface area contributed by atoms with Crippen molar-refractivity contribution in [2.75, 3.05) is 0 Å². The van der Waals surface area contributed by atoms with E-state index in [1.165, 1.54) is 6.08 Å². The van der Waals surface area contributed by atoms with Crippen LogP contribution in [0.15, 0.2) is 23.8 Å². The van der Waals surface area contributed by atoms with Gasteiger partial charge in [-0.1, -0.05) is 18.1 Å². The standard InChI is InChI=1S/C8H8O/c1-3-8(2)6-4-5-7-9/h1,4-7H,2H3. The zero-order valence-corrected chi connectivity index (χ0v) is 5.29. The second-order valence-corrected chi connectivity index (χ2v) is 1.51. The number of carbonyl (C=O) groups excluding carboxylic acids is 1. The summed E-state index contributed by atoms with van der Waals surface area (Å²) in [6, 6.07) is 0. The molecular weight excluding hydrogens is 112 g/mol. The number of hydrogen-bond donors (Lipinski definition) is 0. The quantitative estimate of drug-likeness (QED) is 0.232. The van der Waals surface area contributed by atoms with Gasteiger partial charge < -0.3 is 0 Å². The fourth-order valence-electron chi connectivity index (χ4n) is 0.293. The first-order chi connectivity index (χ1) is 4.31. The van der Waals surface area contributed by atoms with Gasteiger partial charge >= 0.3 is 0 Å². The van der Waals surface area contributed by atoms with Crippen LogP contribution in [-0.4, -0.2) is 6.29 Å². The zero-order chi connectivity index (χ0) is 7.11. The number of aldehydes is 1. The lowest BCUT2D eigenvalue weighted by Crippen LogP contribution is -1.63. The highest BCUT2D eigenvalue weighted by atomic mass is 16.1. The summed E-state index contributed by atoms with van der Waals surface area (Å²) in [6.07, 6.45) is 10.4. The maximum atomic E-state index is 9.71. The zero-order valence-electron chi connectivity index (χ0n) is 5.29. The molecule has 0 saturated heterocycles. The molecule has 1 nitrogen and oxygen atoms in total. The molecule has 9 heavy (non-hydrogen) atoms. The maximum absolute atomic E-state index is 9.71. The summed E-state index contributed by atoms with van der Waals surface area (Å²) in [5.41, 5.74) is 0.813. The molecule has 0 aliphatic carbocycles. The highest BCUT2D eigenvalue weighted by Crippen LogP contribution is 1.87. The summed E-state index contributed by atoms with van der Waals surface area (Å²) in [7, 11) is 0. The largest absolute Gasteiger partial charge is 0.299 e. The van der Waals surface area contributed by atoms with Crippen LogP contribution in [-0.2, 0) is 4.79 Å². The average Bonchev–Trinajstić information content (AvgIpc) is 1.89. The van der Waals surface area contributed by atoms with Crippen molar-refractivity contribution in [2.45, 2.75) is 6.92 Å². The average molecular weight is 120 g/mol. The second kappa shape index (κ2) is 4.86. The predicted molar refractivity (Wildman–Crippen MR) is 37.8 cm³/mol. The Labute approximate surface area is 55.1 Å². The molecule has 46 valence electrons. The van der Waals surface area contributed by atoms with Crippen molar-refractivity contribution >= 4 is 6.29 Å². The summed E-state index contributed by atoms with van der Waals surface area (Å²) >= 11 is 0. The first kappa shape index (κ1) is 7.71. The van der Waals surface area contributed by atoms with E-state index >= 15 is 0 Å². The first-order valence-corrected chi connectivity index (χ1v) is 2.56. The van der Waals surface area contributed by atoms with Gasteiger partial charge in [0.2, 0.25) is 0 Å². The smallest absolute Gasteiger partial charge is 0.142 e. The van der Waals surface area contributed by atoms with Gasteiger partial charge in [-0.2, -0.15) is 0 Å². The van der Waals surface area contributed by atoms with Gasteiger partial charge in [0.15, 0.2) is 0 Å². The van der Waals surface area contributed by atoms with Crippen molar-refractivity contribution in [3.05, 3.63) is 23.8 Å². The van der Waals surface area contributed by atoms with E-state index in [-0.39, 0.29) is 0 Å². The van der Waals surface area contributed by atoms with Crippen molar-refractivity contribution in [1.82, 2.24) is 0 Å². The highest BCUT2D eigenvalue weighted by Gasteiger charge is 1.72. The van der Waals surface area contributed by atoms with Gasteiger partial charge in [-0.25, -0.2) is 0 Å². The minimum atomic E-state index is 0.709. The number of allylic oxidation sites excluding steroid dienone is 4. The Morgan fingerprint density at radius 3 is 2.67 bits per heavy atom. The Morgan fingerprint density at radius 2 is 2.22 bits per heavy atom. The number of hydrogen-bond acceptors (Lipinski definition) is 1. The van der Waals surface area contributed by atoms with Gasteiger partial charge in [-0.05, 0) is 18.6 Å². The van der Waals surface area contributed by atoms with Crippen molar-refractivity contribution in [1.29, 1.82) is 0 Å². The van der Waals surface area contributed by atoms with E-state index in [0.717, 1.165) is 5.57 Å². The van der Waals surface area contributed by atoms with E-state index in [1.807, 2.05) is 0 Å². The number of carbonyl (C=O) groups is 1. The molecule has 0 amide bonds. The molecule has 0 atom stereocenters. The Kier molecular flexibility index (Phi) is 4.16. The molecule has 0 heterocycles. The molecule has 0 aromatic rings. The minimum Gasteiger partial charge on any atom is -0.299 e. The Balaban J connectivity index is 3.86. The summed E-state index contributed by atoms with van der Waals surface area (Å²) in [5, 5.41) is 0. The molecule has 0 spiro atoms. The molecule has 0 saturated carbocycles. The molecule has 0 radical (unpaired) electrons. The monoisotopic (exact) mass is 120 g/mol. The molecule has 0 aliphatic rings. The predicted octanol–water partition coefficient (Wildman–Crippen LogP) is 1.32. The van der Waals surface area contributed by atoms with Gasteiger partial charge in [0.1, 0.15) is 6.29 Å². The third-order valence-electron chi connectivity index (χ3n) is 0.764. The van der Waals surface area contributed by atoms with Crippen LogP contribution in [0.5, 0.6) is 0 Å². The minimum absolute atomic E-state index is 0.709. The van der Waals surface area contributed by atoms with Gasteiger partial charge in [-0.15, -0.1) is 6.42 Å². The summed E-state index contributed by atoms with van der Waals surface area (Å²) in [5.74, 6) is 2.42. The van der Waals surface area contributed by atoms with Crippen LogP contribution in [0.25, 0.3) is 0 Å². The molecule has 0 bridgehead atoms. The van der Waals surface area contributed by atoms with Crippen LogP contribution in [0.3, 0.4) is 0 Å². The van der Waals surface area contributed by atoms with Crippen molar-refractivity contribution in [3.8, 4) is 12.3 Å². The Bertz CT molecular complexity index is 179. The molecule has 0 fully saturated rings. The van der Waals surface area contributed by atoms with E-state index in [2.05, 4.69) is 5.92 Å². The molecule has 0 aromatic heterocycles. The van der Waals surface area contributed by atoms with Gasteiger partial charge in [0.25, 0.3) is 0 Å². The van der Waals surface area contributed by atoms with E-state index in [1.54, 1.807) is 19.1 Å². The molecule has 0 aromatic carbocycles. The first-order valence-electron chi connectivity index (χ1n) is 2.56. The molecule has 1 heteroatoms. The summed E-state index contributed by atoms with van der Waals surface area (Å²) in [4.78, 5) is 9.71. The summed E-state index contributed by atoms with van der Waals surface area (Å²) < 4.78 is 0. The van der Waals surface area contributed by atoms with E-state index in [4.69, 9.17) is 6.42 Å². The third kappa shape index (κ3) is 4.57. The molecule has 0 N–H and O–H groups in total. The van der Waals surface area contributed by atoms with E-state index < -0.39 is 0 Å². The van der Waals surface area contributed by atoms with Crippen LogP contribution in [0.4, 0.5) is 0 Å². The summed E-state index contributed by atoms with van der Waals surface area (Å²) in [6.45, 7) is 1.80. The van der Waals surface area contributed by atoms with Crippen LogP contribution in [0.1, 0.15) is 6.92 Å². The van der Waals surface area contributed by atoms with Crippen LogP contribution >= 0.6 is 0 Å².